The molecular weight excluding hydrogens is 317 g/mol. The topological polar surface area (TPSA) is 124 Å². The molecule has 72 valence electrons. The third kappa shape index (κ3) is 36.0. The average molecular weight is 327 g/mol. The molecule has 14 heavy (non-hydrogen) atoms. The Kier molecular flexibility index (Phi) is 42.3. The Morgan fingerprint density at radius 3 is 0.929 bits per heavy atom. The van der Waals surface area contributed by atoms with Crippen molar-refractivity contribution in [1.29, 1.82) is 0 Å². The minimum absolute atomic E-state index is 0. The molecule has 0 amide bonds. The second-order valence-electron chi connectivity index (χ2n) is 1.06. The Bertz CT molecular complexity index is 167. The van der Waals surface area contributed by atoms with Crippen LogP contribution in [0.5, 0.6) is 0 Å². The third-order valence-corrected chi connectivity index (χ3v) is 1.91. The van der Waals surface area contributed by atoms with Gasteiger partial charge in [0.25, 0.3) is 0 Å². The van der Waals surface area contributed by atoms with Crippen molar-refractivity contribution in [3.8, 4) is 0 Å². The molecule has 0 aliphatic heterocycles. The standard InChI is InChI=1S/ClH.K.3Na.H4O7P2.4H/c;;;;;1-8(2,3)7-9(4,5)6;;;;/h1H;;;;;(H2,1,2,3)(H2,4,5,6);;;;. The molecule has 0 spiro atoms. The van der Waals surface area contributed by atoms with Crippen LogP contribution in [-0.4, -0.2) is 160 Å². The molecule has 0 saturated heterocycles. The van der Waals surface area contributed by atoms with Crippen LogP contribution in [-0.2, 0) is 13.4 Å². The van der Waals surface area contributed by atoms with Gasteiger partial charge in [-0.05, 0) is 0 Å². The Morgan fingerprint density at radius 1 is 0.786 bits per heavy atom. The van der Waals surface area contributed by atoms with Gasteiger partial charge in [0.2, 0.25) is 0 Å². The molecule has 0 aromatic rings. The van der Waals surface area contributed by atoms with Gasteiger partial charge in [0, 0.05) is 0 Å². The van der Waals surface area contributed by atoms with Crippen LogP contribution in [0.4, 0.5) is 0 Å². The van der Waals surface area contributed by atoms with E-state index in [0.717, 1.165) is 0 Å². The molecule has 0 unspecified atom stereocenters. The number of hydrogen-bond acceptors (Lipinski definition) is 3. The van der Waals surface area contributed by atoms with Crippen LogP contribution < -0.4 is 0 Å². The van der Waals surface area contributed by atoms with E-state index in [9.17, 15) is 9.13 Å². The first-order valence-electron chi connectivity index (χ1n) is 1.53. The van der Waals surface area contributed by atoms with E-state index in [-0.39, 0.29) is 152 Å². The summed E-state index contributed by atoms with van der Waals surface area (Å²) in [4.78, 5) is 31.0. The zero-order chi connectivity index (χ0) is 7.71. The van der Waals surface area contributed by atoms with Gasteiger partial charge in [-0.25, -0.2) is 9.13 Å². The monoisotopic (exact) mass is 326 g/mol. The van der Waals surface area contributed by atoms with E-state index in [2.05, 4.69) is 4.31 Å². The maximum absolute atomic E-state index is 9.63. The van der Waals surface area contributed by atoms with Crippen molar-refractivity contribution in [2.45, 2.75) is 0 Å². The van der Waals surface area contributed by atoms with E-state index < -0.39 is 15.6 Å². The first-order valence-corrected chi connectivity index (χ1v) is 4.59. The summed E-state index contributed by atoms with van der Waals surface area (Å²) in [7, 11) is -10.1. The van der Waals surface area contributed by atoms with Crippen molar-refractivity contribution in [3.05, 3.63) is 0 Å². The second kappa shape index (κ2) is 16.2. The SMILES string of the molecule is Cl.O=P(O)(O)OP(=O)(O)O.[KH].[NaH].[NaH].[NaH]. The zero-order valence-corrected chi connectivity index (χ0v) is 6.92. The van der Waals surface area contributed by atoms with Gasteiger partial charge in [-0.2, -0.15) is 4.31 Å². The number of phosphoric acid groups is 2. The van der Waals surface area contributed by atoms with Crippen LogP contribution in [0, 0.1) is 0 Å². The van der Waals surface area contributed by atoms with Crippen LogP contribution in [0.25, 0.3) is 0 Å². The van der Waals surface area contributed by atoms with Crippen molar-refractivity contribution in [1.82, 2.24) is 0 Å². The molecule has 4 N–H and O–H groups in total. The molecule has 0 aliphatic rings. The second-order valence-corrected chi connectivity index (χ2v) is 3.68. The molecule has 7 nitrogen and oxygen atoms in total. The summed E-state index contributed by atoms with van der Waals surface area (Å²) in [5.41, 5.74) is 0. The van der Waals surface area contributed by atoms with Crippen molar-refractivity contribution < 1.29 is 33.0 Å². The van der Waals surface area contributed by atoms with Crippen LogP contribution in [0.3, 0.4) is 0 Å². The summed E-state index contributed by atoms with van der Waals surface area (Å²) in [6.45, 7) is 0. The maximum atomic E-state index is 9.63. The molecule has 0 radical (unpaired) electrons. The Hall–Kier alpha value is 5.19. The van der Waals surface area contributed by atoms with E-state index in [4.69, 9.17) is 19.6 Å². The van der Waals surface area contributed by atoms with Gasteiger partial charge in [0.15, 0.2) is 0 Å². The molecule has 0 bridgehead atoms. The van der Waals surface area contributed by atoms with Crippen LogP contribution in [0.2, 0.25) is 0 Å². The molecule has 0 rings (SSSR count). The summed E-state index contributed by atoms with van der Waals surface area (Å²) in [6.07, 6.45) is 0. The van der Waals surface area contributed by atoms with Crippen LogP contribution in [0.1, 0.15) is 0 Å². The zero-order valence-electron chi connectivity index (χ0n) is 4.32. The molecule has 0 fully saturated rings. The number of rotatable bonds is 2. The van der Waals surface area contributed by atoms with Crippen LogP contribution in [0.15, 0.2) is 0 Å². The first kappa shape index (κ1) is 36.5. The summed E-state index contributed by atoms with van der Waals surface area (Å²) in [5.74, 6) is 0. The van der Waals surface area contributed by atoms with Gasteiger partial charge < -0.3 is 19.6 Å². The predicted octanol–water partition coefficient (Wildman–Crippen LogP) is -2.98. The van der Waals surface area contributed by atoms with E-state index in [1.807, 2.05) is 0 Å². The molecule has 0 heterocycles. The molecule has 0 aromatic carbocycles. The van der Waals surface area contributed by atoms with Gasteiger partial charge in [0.1, 0.15) is 0 Å². The van der Waals surface area contributed by atoms with Gasteiger partial charge >= 0.3 is 156 Å². The average Bonchev–Trinajstić information content (AvgIpc) is 1.14. The van der Waals surface area contributed by atoms with Gasteiger partial charge in [0.05, 0.1) is 0 Å². The first-order chi connectivity index (χ1) is 3.71. The van der Waals surface area contributed by atoms with E-state index in [1.54, 1.807) is 0 Å². The van der Waals surface area contributed by atoms with Gasteiger partial charge in [-0.3, -0.25) is 0 Å². The van der Waals surface area contributed by atoms with Gasteiger partial charge in [-0.15, -0.1) is 12.4 Å². The fourth-order valence-corrected chi connectivity index (χ4v) is 1.25. The van der Waals surface area contributed by atoms with Crippen molar-refractivity contribution in [3.63, 3.8) is 0 Å². The number of halogens is 1. The Labute approximate surface area is 196 Å². The van der Waals surface area contributed by atoms with E-state index in [1.165, 1.54) is 0 Å². The van der Waals surface area contributed by atoms with Gasteiger partial charge in [-0.1, -0.05) is 0 Å². The Morgan fingerprint density at radius 2 is 0.929 bits per heavy atom. The summed E-state index contributed by atoms with van der Waals surface area (Å²) >= 11 is 0. The van der Waals surface area contributed by atoms with Crippen LogP contribution >= 0.6 is 28.1 Å². The third-order valence-electron chi connectivity index (χ3n) is 0.213. The summed E-state index contributed by atoms with van der Waals surface area (Å²) < 4.78 is 22.2. The van der Waals surface area contributed by atoms with Crippen molar-refractivity contribution in [2.75, 3.05) is 0 Å². The normalized spacial score (nSPS) is 8.86. The quantitative estimate of drug-likeness (QED) is 0.315. The summed E-state index contributed by atoms with van der Waals surface area (Å²) in [5, 5.41) is 0. The summed E-state index contributed by atoms with van der Waals surface area (Å²) in [6, 6.07) is 0. The fraction of sp³-hybridized carbons (Fsp3) is 0. The fourth-order valence-electron chi connectivity index (χ4n) is 0.139. The molecular formula is H9ClKNa3O7P2. The van der Waals surface area contributed by atoms with Crippen molar-refractivity contribution >= 4 is 168 Å². The van der Waals surface area contributed by atoms with Crippen molar-refractivity contribution in [2.24, 2.45) is 0 Å². The molecule has 0 aliphatic carbocycles. The Balaban J connectivity index is -0.0000000320. The van der Waals surface area contributed by atoms with E-state index >= 15 is 0 Å². The predicted molar refractivity (Wildman–Crippen MR) is 61.0 cm³/mol. The minimum atomic E-state index is -5.05. The molecule has 0 saturated carbocycles. The number of hydrogen-bond donors (Lipinski definition) is 4. The van der Waals surface area contributed by atoms with E-state index in [0.29, 0.717) is 0 Å². The molecule has 14 heteroatoms. The molecule has 0 aromatic heterocycles. The molecule has 0 atom stereocenters.